The average Bonchev–Trinajstić information content (AvgIpc) is 2.38. The first-order chi connectivity index (χ1) is 9.10. The van der Waals surface area contributed by atoms with Gasteiger partial charge in [0.15, 0.2) is 0 Å². The van der Waals surface area contributed by atoms with Crippen LogP contribution in [0.2, 0.25) is 0 Å². The molecule has 0 saturated heterocycles. The van der Waals surface area contributed by atoms with Gasteiger partial charge >= 0.3 is 5.97 Å². The first-order valence-corrected chi connectivity index (χ1v) is 6.19. The predicted octanol–water partition coefficient (Wildman–Crippen LogP) is 2.94. The molecule has 2 aromatic heterocycles. The lowest BCUT2D eigenvalue weighted by atomic mass is 10.1. The molecule has 0 fully saturated rings. The van der Waals surface area contributed by atoms with E-state index in [4.69, 9.17) is 4.74 Å². The minimum absolute atomic E-state index is 0.339. The second kappa shape index (κ2) is 5.61. The number of aryl methyl sites for hydroxylation is 2. The van der Waals surface area contributed by atoms with E-state index in [0.29, 0.717) is 12.3 Å². The topological polar surface area (TPSA) is 52.1 Å². The molecule has 0 aromatic carbocycles. The van der Waals surface area contributed by atoms with Gasteiger partial charge < -0.3 is 4.74 Å². The molecule has 0 aliphatic heterocycles. The molecule has 0 aliphatic carbocycles. The lowest BCUT2D eigenvalue weighted by Gasteiger charge is -2.07. The van der Waals surface area contributed by atoms with Gasteiger partial charge in [-0.15, -0.1) is 0 Å². The molecule has 2 aromatic rings. The normalized spacial score (nSPS) is 10.3. The number of carbonyl (C=O) groups is 1. The Morgan fingerprint density at radius 1 is 1.16 bits per heavy atom. The van der Waals surface area contributed by atoms with Gasteiger partial charge in [-0.3, -0.25) is 4.98 Å². The molecule has 0 amide bonds. The van der Waals surface area contributed by atoms with Crippen LogP contribution in [0, 0.1) is 13.8 Å². The summed E-state index contributed by atoms with van der Waals surface area (Å²) in [5, 5.41) is 0. The zero-order chi connectivity index (χ0) is 13.8. The first-order valence-electron chi connectivity index (χ1n) is 6.19. The van der Waals surface area contributed by atoms with E-state index >= 15 is 0 Å². The highest BCUT2D eigenvalue weighted by molar-refractivity contribution is 5.89. The molecule has 19 heavy (non-hydrogen) atoms. The molecule has 0 unspecified atom stereocenters. The van der Waals surface area contributed by atoms with E-state index in [-0.39, 0.29) is 0 Å². The number of carbonyl (C=O) groups excluding carboxylic acids is 1. The molecule has 0 saturated carbocycles. The summed E-state index contributed by atoms with van der Waals surface area (Å²) in [5.41, 5.74) is 4.02. The summed E-state index contributed by atoms with van der Waals surface area (Å²) >= 11 is 0. The number of ether oxygens (including phenoxy) is 1. The van der Waals surface area contributed by atoms with Crippen molar-refractivity contribution in [3.63, 3.8) is 0 Å². The van der Waals surface area contributed by atoms with Crippen molar-refractivity contribution in [2.45, 2.75) is 20.8 Å². The summed E-state index contributed by atoms with van der Waals surface area (Å²) in [5.74, 6) is -0.391. The minimum Gasteiger partial charge on any atom is -0.461 e. The standard InChI is InChI=1S/C15H16N2O2/c1-4-19-15(18)14-9-13(8-11(3)17-14)12-5-6-16-10(2)7-12/h5-9H,4H2,1-3H3. The summed E-state index contributed by atoms with van der Waals surface area (Å²) < 4.78 is 4.98. The summed E-state index contributed by atoms with van der Waals surface area (Å²) in [6.45, 7) is 5.92. The third-order valence-corrected chi connectivity index (χ3v) is 2.67. The highest BCUT2D eigenvalue weighted by atomic mass is 16.5. The first kappa shape index (κ1) is 13.2. The molecule has 98 valence electrons. The monoisotopic (exact) mass is 256 g/mol. The molecule has 2 rings (SSSR count). The molecular formula is C15H16N2O2. The third kappa shape index (κ3) is 3.16. The fourth-order valence-electron chi connectivity index (χ4n) is 1.87. The quantitative estimate of drug-likeness (QED) is 0.792. The van der Waals surface area contributed by atoms with Crippen molar-refractivity contribution >= 4 is 5.97 Å². The summed E-state index contributed by atoms with van der Waals surface area (Å²) in [7, 11) is 0. The van der Waals surface area contributed by atoms with Gasteiger partial charge in [0.1, 0.15) is 5.69 Å². The Morgan fingerprint density at radius 2 is 1.89 bits per heavy atom. The van der Waals surface area contributed by atoms with Crippen LogP contribution in [-0.2, 0) is 4.74 Å². The van der Waals surface area contributed by atoms with Crippen LogP contribution in [0.15, 0.2) is 30.5 Å². The molecule has 0 N–H and O–H groups in total. The molecular weight excluding hydrogens is 240 g/mol. The SMILES string of the molecule is CCOC(=O)c1cc(-c2ccnc(C)c2)cc(C)n1. The molecule has 0 bridgehead atoms. The van der Waals surface area contributed by atoms with E-state index in [1.54, 1.807) is 19.2 Å². The second-order valence-electron chi connectivity index (χ2n) is 4.29. The molecule has 0 atom stereocenters. The lowest BCUT2D eigenvalue weighted by molar-refractivity contribution is 0.0519. The van der Waals surface area contributed by atoms with E-state index in [2.05, 4.69) is 9.97 Å². The Kier molecular flexibility index (Phi) is 3.90. The van der Waals surface area contributed by atoms with Crippen molar-refractivity contribution in [1.29, 1.82) is 0 Å². The smallest absolute Gasteiger partial charge is 0.356 e. The van der Waals surface area contributed by atoms with E-state index in [9.17, 15) is 4.79 Å². The molecule has 4 heteroatoms. The van der Waals surface area contributed by atoms with Gasteiger partial charge in [-0.05, 0) is 56.2 Å². The predicted molar refractivity (Wildman–Crippen MR) is 72.9 cm³/mol. The van der Waals surface area contributed by atoms with Crippen molar-refractivity contribution in [2.24, 2.45) is 0 Å². The van der Waals surface area contributed by atoms with E-state index < -0.39 is 5.97 Å². The Hall–Kier alpha value is -2.23. The van der Waals surface area contributed by atoms with Crippen LogP contribution in [0.3, 0.4) is 0 Å². The number of hydrogen-bond donors (Lipinski definition) is 0. The Morgan fingerprint density at radius 3 is 2.58 bits per heavy atom. The lowest BCUT2D eigenvalue weighted by Crippen LogP contribution is -2.08. The highest BCUT2D eigenvalue weighted by Crippen LogP contribution is 2.21. The number of aromatic nitrogens is 2. The van der Waals surface area contributed by atoms with Crippen LogP contribution in [0.1, 0.15) is 28.8 Å². The Bertz CT molecular complexity index is 609. The van der Waals surface area contributed by atoms with Crippen LogP contribution in [0.25, 0.3) is 11.1 Å². The van der Waals surface area contributed by atoms with Crippen molar-refractivity contribution in [3.05, 3.63) is 47.5 Å². The average molecular weight is 256 g/mol. The van der Waals surface area contributed by atoms with Crippen LogP contribution >= 0.6 is 0 Å². The Balaban J connectivity index is 2.44. The fraction of sp³-hybridized carbons (Fsp3) is 0.267. The summed E-state index contributed by atoms with van der Waals surface area (Å²) in [4.78, 5) is 20.1. The zero-order valence-electron chi connectivity index (χ0n) is 11.3. The van der Waals surface area contributed by atoms with Crippen LogP contribution in [-0.4, -0.2) is 22.5 Å². The summed E-state index contributed by atoms with van der Waals surface area (Å²) in [6, 6.07) is 7.58. The number of rotatable bonds is 3. The van der Waals surface area contributed by atoms with Gasteiger partial charge in [0.2, 0.25) is 0 Å². The molecule has 0 spiro atoms. The van der Waals surface area contributed by atoms with Gasteiger partial charge in [-0.25, -0.2) is 9.78 Å². The van der Waals surface area contributed by atoms with Gasteiger partial charge in [-0.1, -0.05) is 0 Å². The largest absolute Gasteiger partial charge is 0.461 e. The van der Waals surface area contributed by atoms with Gasteiger partial charge in [0, 0.05) is 17.6 Å². The molecule has 4 nitrogen and oxygen atoms in total. The minimum atomic E-state index is -0.391. The van der Waals surface area contributed by atoms with E-state index in [1.807, 2.05) is 32.0 Å². The van der Waals surface area contributed by atoms with Crippen molar-refractivity contribution in [3.8, 4) is 11.1 Å². The third-order valence-electron chi connectivity index (χ3n) is 2.67. The summed E-state index contributed by atoms with van der Waals surface area (Å²) in [6.07, 6.45) is 1.75. The molecule has 0 radical (unpaired) electrons. The van der Waals surface area contributed by atoms with Gasteiger partial charge in [-0.2, -0.15) is 0 Å². The van der Waals surface area contributed by atoms with Crippen molar-refractivity contribution in [2.75, 3.05) is 6.61 Å². The number of pyridine rings is 2. The molecule has 2 heterocycles. The highest BCUT2D eigenvalue weighted by Gasteiger charge is 2.11. The zero-order valence-corrected chi connectivity index (χ0v) is 11.3. The maximum absolute atomic E-state index is 11.8. The van der Waals surface area contributed by atoms with E-state index in [1.165, 1.54) is 0 Å². The van der Waals surface area contributed by atoms with Crippen molar-refractivity contribution in [1.82, 2.24) is 9.97 Å². The van der Waals surface area contributed by atoms with E-state index in [0.717, 1.165) is 22.5 Å². The van der Waals surface area contributed by atoms with Crippen LogP contribution < -0.4 is 0 Å². The maximum atomic E-state index is 11.8. The number of esters is 1. The van der Waals surface area contributed by atoms with Gasteiger partial charge in [0.05, 0.1) is 6.61 Å². The fourth-order valence-corrected chi connectivity index (χ4v) is 1.87. The molecule has 0 aliphatic rings. The number of hydrogen-bond acceptors (Lipinski definition) is 4. The van der Waals surface area contributed by atoms with Gasteiger partial charge in [0.25, 0.3) is 0 Å². The Labute approximate surface area is 112 Å². The van der Waals surface area contributed by atoms with Crippen LogP contribution in [0.4, 0.5) is 0 Å². The second-order valence-corrected chi connectivity index (χ2v) is 4.29. The maximum Gasteiger partial charge on any atom is 0.356 e. The number of nitrogens with zero attached hydrogens (tertiary/aromatic N) is 2. The van der Waals surface area contributed by atoms with Crippen LogP contribution in [0.5, 0.6) is 0 Å². The van der Waals surface area contributed by atoms with Crippen molar-refractivity contribution < 1.29 is 9.53 Å².